The molecule has 1 aromatic heterocycles. The Kier molecular flexibility index (Phi) is 2.94. The van der Waals surface area contributed by atoms with Crippen LogP contribution in [0.4, 0.5) is 0 Å². The fourth-order valence-corrected chi connectivity index (χ4v) is 1.78. The van der Waals surface area contributed by atoms with Gasteiger partial charge in [-0.2, -0.15) is 5.10 Å². The van der Waals surface area contributed by atoms with Gasteiger partial charge in [0.2, 0.25) is 11.8 Å². The minimum Gasteiger partial charge on any atom is -0.296 e. The van der Waals surface area contributed by atoms with Gasteiger partial charge >= 0.3 is 0 Å². The summed E-state index contributed by atoms with van der Waals surface area (Å²) in [6.45, 7) is 0. The lowest BCUT2D eigenvalue weighted by molar-refractivity contribution is -0.134. The van der Waals surface area contributed by atoms with E-state index in [1.54, 1.807) is 12.1 Å². The smallest absolute Gasteiger partial charge is 0.235 e. The van der Waals surface area contributed by atoms with Crippen LogP contribution in [-0.4, -0.2) is 22.0 Å². The molecule has 15 heavy (non-hydrogen) atoms. The molecule has 0 aromatic carbocycles. The Morgan fingerprint density at radius 1 is 1.33 bits per heavy atom. The number of halogens is 1. The van der Waals surface area contributed by atoms with Gasteiger partial charge in [0.05, 0.1) is 11.6 Å². The predicted molar refractivity (Wildman–Crippen MR) is 59.9 cm³/mol. The number of aromatic nitrogens is 2. The molecule has 1 aromatic rings. The molecule has 0 radical (unpaired) electrons. The highest BCUT2D eigenvalue weighted by Crippen LogP contribution is 2.22. The van der Waals surface area contributed by atoms with Gasteiger partial charge in [0.25, 0.3) is 0 Å². The maximum atomic E-state index is 11.5. The van der Waals surface area contributed by atoms with Gasteiger partial charge in [-0.15, -0.1) is 5.10 Å². The quantitative estimate of drug-likeness (QED) is 0.608. The minimum atomic E-state index is -0.341. The maximum Gasteiger partial charge on any atom is 0.235 e. The van der Waals surface area contributed by atoms with E-state index in [1.807, 2.05) is 22.6 Å². The standard InChI is InChI=1S/C9H8IN3O2/c10-7-3-2-6(12-13-7)5-1-4-8(14)11-9(5)15/h2-3,5H,1,4H2,(H,11,14,15). The molecule has 1 N–H and O–H groups in total. The number of hydrogen-bond acceptors (Lipinski definition) is 4. The highest BCUT2D eigenvalue weighted by molar-refractivity contribution is 14.1. The van der Waals surface area contributed by atoms with Gasteiger partial charge in [-0.1, -0.05) is 0 Å². The van der Waals surface area contributed by atoms with Crippen molar-refractivity contribution in [2.45, 2.75) is 18.8 Å². The zero-order valence-corrected chi connectivity index (χ0v) is 9.89. The highest BCUT2D eigenvalue weighted by atomic mass is 127. The van der Waals surface area contributed by atoms with Gasteiger partial charge in [0, 0.05) is 6.42 Å². The lowest BCUT2D eigenvalue weighted by Gasteiger charge is -2.19. The number of imide groups is 1. The van der Waals surface area contributed by atoms with Crippen LogP contribution in [0.2, 0.25) is 0 Å². The van der Waals surface area contributed by atoms with Crippen LogP contribution in [0.3, 0.4) is 0 Å². The minimum absolute atomic E-state index is 0.213. The summed E-state index contributed by atoms with van der Waals surface area (Å²) in [5.74, 6) is -0.830. The van der Waals surface area contributed by atoms with Crippen LogP contribution in [-0.2, 0) is 9.59 Å². The molecule has 1 aliphatic heterocycles. The van der Waals surface area contributed by atoms with Crippen LogP contribution in [0.5, 0.6) is 0 Å². The van der Waals surface area contributed by atoms with E-state index in [0.717, 1.165) is 3.70 Å². The van der Waals surface area contributed by atoms with Crippen LogP contribution in [0.25, 0.3) is 0 Å². The Morgan fingerprint density at radius 3 is 2.73 bits per heavy atom. The Morgan fingerprint density at radius 2 is 2.13 bits per heavy atom. The van der Waals surface area contributed by atoms with E-state index in [4.69, 9.17) is 0 Å². The lowest BCUT2D eigenvalue weighted by atomic mass is 9.95. The maximum absolute atomic E-state index is 11.5. The summed E-state index contributed by atoms with van der Waals surface area (Å²) >= 11 is 2.05. The Labute approximate surface area is 99.8 Å². The summed E-state index contributed by atoms with van der Waals surface area (Å²) in [6.07, 6.45) is 0.879. The summed E-state index contributed by atoms with van der Waals surface area (Å²) in [4.78, 5) is 22.4. The molecule has 6 heteroatoms. The number of piperidine rings is 1. The molecule has 2 rings (SSSR count). The SMILES string of the molecule is O=C1CCC(c2ccc(I)nn2)C(=O)N1. The summed E-state index contributed by atoms with van der Waals surface area (Å²) in [5.41, 5.74) is 0.625. The monoisotopic (exact) mass is 317 g/mol. The molecule has 0 saturated carbocycles. The first-order chi connectivity index (χ1) is 7.16. The highest BCUT2D eigenvalue weighted by Gasteiger charge is 2.29. The predicted octanol–water partition coefficient (Wildman–Crippen LogP) is 0.601. The molecule has 1 saturated heterocycles. The number of amides is 2. The van der Waals surface area contributed by atoms with Gasteiger partial charge in [-0.25, -0.2) is 0 Å². The first-order valence-electron chi connectivity index (χ1n) is 4.49. The average Bonchev–Trinajstić information content (AvgIpc) is 2.20. The van der Waals surface area contributed by atoms with E-state index < -0.39 is 0 Å². The number of rotatable bonds is 1. The summed E-state index contributed by atoms with van der Waals surface area (Å²) in [7, 11) is 0. The molecule has 1 atom stereocenters. The van der Waals surface area contributed by atoms with Crippen molar-refractivity contribution < 1.29 is 9.59 Å². The molecule has 5 nitrogen and oxygen atoms in total. The molecule has 1 fully saturated rings. The average molecular weight is 317 g/mol. The number of carbonyl (C=O) groups is 2. The first-order valence-corrected chi connectivity index (χ1v) is 5.57. The molecule has 0 spiro atoms. The fraction of sp³-hybridized carbons (Fsp3) is 0.333. The largest absolute Gasteiger partial charge is 0.296 e. The van der Waals surface area contributed by atoms with Gasteiger partial charge in [-0.05, 0) is 41.1 Å². The third kappa shape index (κ3) is 2.31. The Bertz CT molecular complexity index is 404. The van der Waals surface area contributed by atoms with Crippen molar-refractivity contribution in [1.82, 2.24) is 15.5 Å². The molecular formula is C9H8IN3O2. The third-order valence-electron chi connectivity index (χ3n) is 2.25. The van der Waals surface area contributed by atoms with Crippen molar-refractivity contribution in [2.75, 3.05) is 0 Å². The zero-order chi connectivity index (χ0) is 10.8. The van der Waals surface area contributed by atoms with E-state index in [2.05, 4.69) is 15.5 Å². The molecule has 2 amide bonds. The van der Waals surface area contributed by atoms with Crippen molar-refractivity contribution >= 4 is 34.4 Å². The fourth-order valence-electron chi connectivity index (χ4n) is 1.49. The van der Waals surface area contributed by atoms with Gasteiger partial charge in [0.15, 0.2) is 0 Å². The summed E-state index contributed by atoms with van der Waals surface area (Å²) in [5, 5.41) is 10.1. The van der Waals surface area contributed by atoms with Crippen molar-refractivity contribution in [3.8, 4) is 0 Å². The number of nitrogens with one attached hydrogen (secondary N) is 1. The van der Waals surface area contributed by atoms with Crippen molar-refractivity contribution in [1.29, 1.82) is 0 Å². The zero-order valence-electron chi connectivity index (χ0n) is 7.74. The topological polar surface area (TPSA) is 72.0 Å². The van der Waals surface area contributed by atoms with E-state index >= 15 is 0 Å². The van der Waals surface area contributed by atoms with Crippen molar-refractivity contribution in [2.24, 2.45) is 0 Å². The molecular weight excluding hydrogens is 309 g/mol. The Balaban J connectivity index is 2.20. The molecule has 2 heterocycles. The molecule has 1 unspecified atom stereocenters. The van der Waals surface area contributed by atoms with Crippen LogP contribution in [0, 0.1) is 3.70 Å². The number of hydrogen-bond donors (Lipinski definition) is 1. The molecule has 78 valence electrons. The molecule has 0 bridgehead atoms. The van der Waals surface area contributed by atoms with E-state index in [9.17, 15) is 9.59 Å². The van der Waals surface area contributed by atoms with Crippen LogP contribution in [0.15, 0.2) is 12.1 Å². The van der Waals surface area contributed by atoms with Crippen molar-refractivity contribution in [3.63, 3.8) is 0 Å². The lowest BCUT2D eigenvalue weighted by Crippen LogP contribution is -2.39. The first kappa shape index (κ1) is 10.5. The molecule has 0 aliphatic carbocycles. The van der Waals surface area contributed by atoms with Gasteiger partial charge in [0.1, 0.15) is 3.70 Å². The van der Waals surface area contributed by atoms with E-state index in [-0.39, 0.29) is 17.7 Å². The van der Waals surface area contributed by atoms with Gasteiger partial charge in [-0.3, -0.25) is 14.9 Å². The molecule has 1 aliphatic rings. The Hall–Kier alpha value is -1.05. The second-order valence-corrected chi connectivity index (χ2v) is 4.39. The second-order valence-electron chi connectivity index (χ2n) is 3.28. The second kappa shape index (κ2) is 4.21. The number of carbonyl (C=O) groups excluding carboxylic acids is 2. The summed E-state index contributed by atoms with van der Waals surface area (Å²) in [6, 6.07) is 3.57. The van der Waals surface area contributed by atoms with Crippen LogP contribution < -0.4 is 5.32 Å². The van der Waals surface area contributed by atoms with Crippen LogP contribution in [0.1, 0.15) is 24.5 Å². The van der Waals surface area contributed by atoms with Crippen LogP contribution >= 0.6 is 22.6 Å². The third-order valence-corrected chi connectivity index (χ3v) is 2.82. The number of nitrogens with zero attached hydrogens (tertiary/aromatic N) is 2. The van der Waals surface area contributed by atoms with E-state index in [0.29, 0.717) is 18.5 Å². The summed E-state index contributed by atoms with van der Waals surface area (Å²) < 4.78 is 0.781. The van der Waals surface area contributed by atoms with Crippen molar-refractivity contribution in [3.05, 3.63) is 21.5 Å². The normalized spacial score (nSPS) is 21.3. The van der Waals surface area contributed by atoms with E-state index in [1.165, 1.54) is 0 Å². The van der Waals surface area contributed by atoms with Gasteiger partial charge < -0.3 is 0 Å².